The molecule has 1 aromatic rings. The molecule has 72 valence electrons. The summed E-state index contributed by atoms with van der Waals surface area (Å²) in [6.07, 6.45) is 1.30. The van der Waals surface area contributed by atoms with Gasteiger partial charge in [-0.3, -0.25) is 5.41 Å². The van der Waals surface area contributed by atoms with Crippen LogP contribution in [0.15, 0.2) is 6.20 Å². The molecule has 0 amide bonds. The fourth-order valence-corrected chi connectivity index (χ4v) is 1.21. The maximum absolute atomic E-state index is 7.07. The van der Waals surface area contributed by atoms with Crippen molar-refractivity contribution >= 4 is 53.0 Å². The van der Waals surface area contributed by atoms with Crippen molar-refractivity contribution in [1.82, 2.24) is 4.98 Å². The second-order valence-electron chi connectivity index (χ2n) is 2.00. The Kier molecular flexibility index (Phi) is 4.78. The van der Waals surface area contributed by atoms with Crippen LogP contribution in [-0.4, -0.2) is 10.8 Å². The van der Waals surface area contributed by atoms with Crippen molar-refractivity contribution in [2.75, 3.05) is 0 Å². The first-order valence-corrected chi connectivity index (χ1v) is 4.01. The number of nitrogen functional groups attached to an aromatic ring is 1. The summed E-state index contributed by atoms with van der Waals surface area (Å²) in [5, 5.41) is 7.59. The summed E-state index contributed by atoms with van der Waals surface area (Å²) >= 11 is 17.0. The average Bonchev–Trinajstić information content (AvgIpc) is 2.00. The number of aromatic nitrogens is 1. The Balaban J connectivity index is 0.00000144. The lowest BCUT2D eigenvalue weighted by Gasteiger charge is -2.03. The van der Waals surface area contributed by atoms with Gasteiger partial charge in [-0.15, -0.1) is 12.4 Å². The van der Waals surface area contributed by atoms with E-state index in [0.717, 1.165) is 0 Å². The van der Waals surface area contributed by atoms with Crippen molar-refractivity contribution in [2.45, 2.75) is 0 Å². The molecule has 3 nitrogen and oxygen atoms in total. The van der Waals surface area contributed by atoms with Crippen LogP contribution in [0.2, 0.25) is 15.1 Å². The minimum Gasteiger partial charge on any atom is -0.382 e. The highest BCUT2D eigenvalue weighted by molar-refractivity contribution is 6.48. The van der Waals surface area contributed by atoms with Crippen LogP contribution < -0.4 is 5.73 Å². The third-order valence-corrected chi connectivity index (χ3v) is 2.41. The first-order chi connectivity index (χ1) is 5.54. The first-order valence-electron chi connectivity index (χ1n) is 2.88. The Labute approximate surface area is 96.1 Å². The topological polar surface area (TPSA) is 62.8 Å². The van der Waals surface area contributed by atoms with Crippen molar-refractivity contribution < 1.29 is 0 Å². The van der Waals surface area contributed by atoms with Crippen molar-refractivity contribution in [3.8, 4) is 0 Å². The van der Waals surface area contributed by atoms with Crippen LogP contribution in [0.25, 0.3) is 0 Å². The molecule has 1 aromatic heterocycles. The van der Waals surface area contributed by atoms with Gasteiger partial charge in [-0.25, -0.2) is 4.98 Å². The van der Waals surface area contributed by atoms with Gasteiger partial charge in [-0.05, 0) is 0 Å². The van der Waals surface area contributed by atoms with E-state index in [1.165, 1.54) is 6.20 Å². The molecule has 0 bridgehead atoms. The molecule has 0 atom stereocenters. The summed E-state index contributed by atoms with van der Waals surface area (Å²) in [5.74, 6) is -0.237. The van der Waals surface area contributed by atoms with Gasteiger partial charge in [0.25, 0.3) is 0 Å². The van der Waals surface area contributed by atoms with Gasteiger partial charge in [-0.1, -0.05) is 34.8 Å². The summed E-state index contributed by atoms with van der Waals surface area (Å²) in [6.45, 7) is 0. The summed E-state index contributed by atoms with van der Waals surface area (Å²) in [4.78, 5) is 3.74. The van der Waals surface area contributed by atoms with Crippen LogP contribution in [0.5, 0.6) is 0 Å². The number of amidine groups is 1. The van der Waals surface area contributed by atoms with Crippen molar-refractivity contribution in [1.29, 1.82) is 5.41 Å². The van der Waals surface area contributed by atoms with Crippen LogP contribution >= 0.6 is 47.2 Å². The molecular formula is C6H5Cl4N3. The fraction of sp³-hybridized carbons (Fsp3) is 0. The van der Waals surface area contributed by atoms with Crippen molar-refractivity contribution in [3.05, 3.63) is 27.0 Å². The minimum absolute atomic E-state index is 0. The van der Waals surface area contributed by atoms with Gasteiger partial charge in [0.2, 0.25) is 0 Å². The third-order valence-electron chi connectivity index (χ3n) is 1.17. The number of halogens is 4. The van der Waals surface area contributed by atoms with E-state index < -0.39 is 0 Å². The zero-order valence-corrected chi connectivity index (χ0v) is 9.23. The van der Waals surface area contributed by atoms with E-state index in [1.807, 2.05) is 0 Å². The molecule has 1 rings (SSSR count). The highest BCUT2D eigenvalue weighted by Crippen LogP contribution is 2.30. The predicted octanol–water partition coefficient (Wildman–Crippen LogP) is 2.75. The van der Waals surface area contributed by atoms with E-state index >= 15 is 0 Å². The molecule has 0 saturated heterocycles. The van der Waals surface area contributed by atoms with Crippen LogP contribution in [0.4, 0.5) is 0 Å². The van der Waals surface area contributed by atoms with E-state index in [1.54, 1.807) is 0 Å². The SMILES string of the molecule is Cl.N=C(N)c1ncc(Cl)c(Cl)c1Cl. The normalized spacial score (nSPS) is 9.15. The molecule has 0 aliphatic rings. The number of nitrogens with one attached hydrogen (secondary N) is 1. The first kappa shape index (κ1) is 12.8. The van der Waals surface area contributed by atoms with Crippen LogP contribution in [0.1, 0.15) is 5.69 Å². The molecule has 0 fully saturated rings. The molecule has 0 radical (unpaired) electrons. The largest absolute Gasteiger partial charge is 0.382 e. The third kappa shape index (κ3) is 2.61. The van der Waals surface area contributed by atoms with Crippen LogP contribution in [0.3, 0.4) is 0 Å². The molecule has 0 aliphatic heterocycles. The zero-order valence-electron chi connectivity index (χ0n) is 6.14. The lowest BCUT2D eigenvalue weighted by Crippen LogP contribution is -2.13. The molecule has 13 heavy (non-hydrogen) atoms. The van der Waals surface area contributed by atoms with Gasteiger partial charge >= 0.3 is 0 Å². The maximum Gasteiger partial charge on any atom is 0.143 e. The van der Waals surface area contributed by atoms with E-state index in [-0.39, 0.29) is 39.0 Å². The monoisotopic (exact) mass is 259 g/mol. The standard InChI is InChI=1S/C6H4Cl3N3.ClH/c7-2-1-12-5(6(10)11)4(9)3(2)8;/h1H,(H3,10,11);1H. The number of rotatable bonds is 1. The summed E-state index contributed by atoms with van der Waals surface area (Å²) in [5.41, 5.74) is 5.31. The van der Waals surface area contributed by atoms with Gasteiger partial charge in [0.15, 0.2) is 0 Å². The van der Waals surface area contributed by atoms with E-state index in [2.05, 4.69) is 4.98 Å². The molecule has 0 spiro atoms. The molecule has 1 heterocycles. The van der Waals surface area contributed by atoms with Gasteiger partial charge in [0.1, 0.15) is 11.5 Å². The van der Waals surface area contributed by atoms with Crippen LogP contribution in [0, 0.1) is 5.41 Å². The molecule has 0 saturated carbocycles. The quantitative estimate of drug-likeness (QED) is 0.603. The van der Waals surface area contributed by atoms with Gasteiger partial charge in [0.05, 0.1) is 15.1 Å². The van der Waals surface area contributed by atoms with Gasteiger partial charge in [0, 0.05) is 6.20 Å². The lowest BCUT2D eigenvalue weighted by molar-refractivity contribution is 1.26. The second kappa shape index (κ2) is 4.86. The molecule has 0 aromatic carbocycles. The number of nitrogens with zero attached hydrogens (tertiary/aromatic N) is 1. The number of nitrogens with two attached hydrogens (primary N) is 1. The average molecular weight is 261 g/mol. The van der Waals surface area contributed by atoms with E-state index in [4.69, 9.17) is 45.9 Å². The molecule has 3 N–H and O–H groups in total. The number of hydrogen-bond acceptors (Lipinski definition) is 2. The summed E-state index contributed by atoms with van der Waals surface area (Å²) in [7, 11) is 0. The Bertz CT molecular complexity index is 339. The van der Waals surface area contributed by atoms with Crippen molar-refractivity contribution in [3.63, 3.8) is 0 Å². The molecule has 0 unspecified atom stereocenters. The number of pyridine rings is 1. The van der Waals surface area contributed by atoms with E-state index in [0.29, 0.717) is 0 Å². The van der Waals surface area contributed by atoms with Gasteiger partial charge < -0.3 is 5.73 Å². The van der Waals surface area contributed by atoms with Crippen molar-refractivity contribution in [2.24, 2.45) is 5.73 Å². The maximum atomic E-state index is 7.07. The lowest BCUT2D eigenvalue weighted by atomic mass is 10.3. The molecule has 0 aliphatic carbocycles. The van der Waals surface area contributed by atoms with Gasteiger partial charge in [-0.2, -0.15) is 0 Å². The number of hydrogen-bond donors (Lipinski definition) is 2. The zero-order chi connectivity index (χ0) is 9.30. The Morgan fingerprint density at radius 3 is 2.31 bits per heavy atom. The van der Waals surface area contributed by atoms with E-state index in [9.17, 15) is 0 Å². The van der Waals surface area contributed by atoms with Crippen LogP contribution in [-0.2, 0) is 0 Å². The fourth-order valence-electron chi connectivity index (χ4n) is 0.631. The highest BCUT2D eigenvalue weighted by atomic mass is 35.5. The Hall–Kier alpha value is -0.220. The highest BCUT2D eigenvalue weighted by Gasteiger charge is 2.11. The smallest absolute Gasteiger partial charge is 0.143 e. The predicted molar refractivity (Wildman–Crippen MR) is 57.5 cm³/mol. The second-order valence-corrected chi connectivity index (χ2v) is 3.16. The Morgan fingerprint density at radius 2 is 1.85 bits per heavy atom. The Morgan fingerprint density at radius 1 is 1.31 bits per heavy atom. The molecular weight excluding hydrogens is 256 g/mol. The molecule has 7 heteroatoms. The summed E-state index contributed by atoms with van der Waals surface area (Å²) in [6, 6.07) is 0. The summed E-state index contributed by atoms with van der Waals surface area (Å²) < 4.78 is 0. The minimum atomic E-state index is -0.237.